The van der Waals surface area contributed by atoms with Crippen molar-refractivity contribution in [3.8, 4) is 5.75 Å². The van der Waals surface area contributed by atoms with E-state index in [9.17, 15) is 9.59 Å². The van der Waals surface area contributed by atoms with E-state index in [2.05, 4.69) is 5.32 Å². The topological polar surface area (TPSA) is 67.9 Å². The first kappa shape index (κ1) is 18.9. The van der Waals surface area contributed by atoms with Crippen LogP contribution in [0.15, 0.2) is 48.5 Å². The Morgan fingerprint density at radius 2 is 1.89 bits per heavy atom. The van der Waals surface area contributed by atoms with Gasteiger partial charge in [0.1, 0.15) is 12.3 Å². The monoisotopic (exact) mass is 368 g/mol. The van der Waals surface area contributed by atoms with Crippen molar-refractivity contribution < 1.29 is 19.1 Å². The molecule has 2 amide bonds. The first-order chi connectivity index (χ1) is 13.2. The second kappa shape index (κ2) is 9.19. The van der Waals surface area contributed by atoms with Gasteiger partial charge in [0.2, 0.25) is 11.8 Å². The zero-order valence-electron chi connectivity index (χ0n) is 15.4. The molecular formula is C21H24N2O4. The Bertz CT molecular complexity index is 789. The normalized spacial score (nSPS) is 13.1. The van der Waals surface area contributed by atoms with Crippen LogP contribution in [0, 0.1) is 0 Å². The molecule has 2 aromatic carbocycles. The molecule has 142 valence electrons. The third-order valence-electron chi connectivity index (χ3n) is 4.39. The van der Waals surface area contributed by atoms with Crippen LogP contribution in [-0.2, 0) is 20.7 Å². The summed E-state index contributed by atoms with van der Waals surface area (Å²) in [6, 6.07) is 15.2. The minimum atomic E-state index is -0.174. The molecule has 0 aliphatic carbocycles. The van der Waals surface area contributed by atoms with Gasteiger partial charge >= 0.3 is 0 Å². The summed E-state index contributed by atoms with van der Waals surface area (Å²) in [5.41, 5.74) is 2.61. The molecule has 1 aliphatic heterocycles. The van der Waals surface area contributed by atoms with Gasteiger partial charge in [-0.1, -0.05) is 24.3 Å². The molecule has 0 saturated heterocycles. The van der Waals surface area contributed by atoms with E-state index >= 15 is 0 Å². The lowest BCUT2D eigenvalue weighted by Crippen LogP contribution is -2.42. The zero-order chi connectivity index (χ0) is 19.1. The molecule has 0 spiro atoms. The molecule has 1 aliphatic rings. The van der Waals surface area contributed by atoms with Crippen LogP contribution in [0.4, 0.5) is 11.4 Å². The van der Waals surface area contributed by atoms with Crippen molar-refractivity contribution in [3.63, 3.8) is 0 Å². The summed E-state index contributed by atoms with van der Waals surface area (Å²) in [6.45, 7) is 1.20. The predicted octanol–water partition coefficient (Wildman–Crippen LogP) is 3.02. The fourth-order valence-corrected chi connectivity index (χ4v) is 2.98. The van der Waals surface area contributed by atoms with E-state index in [1.165, 1.54) is 5.56 Å². The number of ether oxygens (including phenoxy) is 2. The molecule has 1 N–H and O–H groups in total. The number of hydrogen-bond donors (Lipinski definition) is 1. The molecular weight excluding hydrogens is 344 g/mol. The van der Waals surface area contributed by atoms with Gasteiger partial charge in [-0.15, -0.1) is 0 Å². The number of carbonyl (C=O) groups is 2. The van der Waals surface area contributed by atoms with Crippen molar-refractivity contribution in [2.24, 2.45) is 0 Å². The zero-order valence-corrected chi connectivity index (χ0v) is 15.4. The molecule has 6 heteroatoms. The van der Waals surface area contributed by atoms with Gasteiger partial charge in [0.05, 0.1) is 24.6 Å². The van der Waals surface area contributed by atoms with Gasteiger partial charge in [0.15, 0.2) is 0 Å². The lowest BCUT2D eigenvalue weighted by atomic mass is 10.1. The van der Waals surface area contributed by atoms with Crippen molar-refractivity contribution in [1.82, 2.24) is 0 Å². The Hall–Kier alpha value is -2.86. The van der Waals surface area contributed by atoms with E-state index in [4.69, 9.17) is 9.47 Å². The van der Waals surface area contributed by atoms with Crippen molar-refractivity contribution in [1.29, 1.82) is 0 Å². The first-order valence-corrected chi connectivity index (χ1v) is 9.07. The molecule has 6 nitrogen and oxygen atoms in total. The molecule has 0 saturated carbocycles. The average Bonchev–Trinajstić information content (AvgIpc) is 2.69. The van der Waals surface area contributed by atoms with E-state index in [0.717, 1.165) is 17.9 Å². The van der Waals surface area contributed by atoms with Crippen LogP contribution in [-0.4, -0.2) is 38.7 Å². The summed E-state index contributed by atoms with van der Waals surface area (Å²) in [7, 11) is 1.69. The standard InChI is InChI=1S/C21H24N2O4/c1-26-14-12-16-8-10-17(11-9-16)27-13-4-7-21(25)23-15-20(24)22-18-5-2-3-6-19(18)23/h2-3,5-6,8-11H,4,7,12-15H2,1H3,(H,22,24). The summed E-state index contributed by atoms with van der Waals surface area (Å²) < 4.78 is 10.8. The van der Waals surface area contributed by atoms with Crippen LogP contribution in [0.3, 0.4) is 0 Å². The van der Waals surface area contributed by atoms with Gasteiger partial charge in [-0.25, -0.2) is 0 Å². The van der Waals surface area contributed by atoms with Crippen LogP contribution in [0.1, 0.15) is 18.4 Å². The maximum atomic E-state index is 12.5. The molecule has 0 fully saturated rings. The number of nitrogens with one attached hydrogen (secondary N) is 1. The minimum absolute atomic E-state index is 0.0552. The molecule has 1 heterocycles. The van der Waals surface area contributed by atoms with Gasteiger partial charge in [-0.05, 0) is 42.7 Å². The van der Waals surface area contributed by atoms with Gasteiger partial charge in [0.25, 0.3) is 0 Å². The highest BCUT2D eigenvalue weighted by molar-refractivity contribution is 6.09. The number of nitrogens with zero attached hydrogens (tertiary/aromatic N) is 1. The second-order valence-corrected chi connectivity index (χ2v) is 6.38. The highest BCUT2D eigenvalue weighted by Crippen LogP contribution is 2.29. The number of anilines is 2. The van der Waals surface area contributed by atoms with Crippen LogP contribution >= 0.6 is 0 Å². The summed E-state index contributed by atoms with van der Waals surface area (Å²) in [5.74, 6) is 0.536. The summed E-state index contributed by atoms with van der Waals surface area (Å²) in [4.78, 5) is 25.9. The molecule has 0 aromatic heterocycles. The fraction of sp³-hybridized carbons (Fsp3) is 0.333. The SMILES string of the molecule is COCCc1ccc(OCCCC(=O)N2CC(=O)Nc3ccccc32)cc1. The van der Waals surface area contributed by atoms with Crippen molar-refractivity contribution in [2.75, 3.05) is 37.1 Å². The van der Waals surface area contributed by atoms with E-state index in [-0.39, 0.29) is 18.4 Å². The molecule has 0 bridgehead atoms. The molecule has 0 unspecified atom stereocenters. The molecule has 3 rings (SSSR count). The molecule has 0 radical (unpaired) electrons. The van der Waals surface area contributed by atoms with Crippen LogP contribution in [0.25, 0.3) is 0 Å². The second-order valence-electron chi connectivity index (χ2n) is 6.38. The van der Waals surface area contributed by atoms with Crippen molar-refractivity contribution in [3.05, 3.63) is 54.1 Å². The van der Waals surface area contributed by atoms with Crippen LogP contribution < -0.4 is 15.0 Å². The number of hydrogen-bond acceptors (Lipinski definition) is 4. The third-order valence-corrected chi connectivity index (χ3v) is 4.39. The predicted molar refractivity (Wildman–Crippen MR) is 104 cm³/mol. The molecule has 2 aromatic rings. The number of benzene rings is 2. The Kier molecular flexibility index (Phi) is 6.44. The van der Waals surface area contributed by atoms with Crippen molar-refractivity contribution >= 4 is 23.2 Å². The quantitative estimate of drug-likeness (QED) is 0.728. The van der Waals surface area contributed by atoms with E-state index < -0.39 is 0 Å². The molecule has 27 heavy (non-hydrogen) atoms. The summed E-state index contributed by atoms with van der Waals surface area (Å²) in [6.07, 6.45) is 1.79. The highest BCUT2D eigenvalue weighted by atomic mass is 16.5. The van der Waals surface area contributed by atoms with Gasteiger partial charge in [-0.2, -0.15) is 0 Å². The third kappa shape index (κ3) is 5.08. The largest absolute Gasteiger partial charge is 0.494 e. The van der Waals surface area contributed by atoms with Gasteiger partial charge < -0.3 is 19.7 Å². The lowest BCUT2D eigenvalue weighted by Gasteiger charge is -2.29. The van der Waals surface area contributed by atoms with Crippen LogP contribution in [0.5, 0.6) is 5.75 Å². The number of amides is 2. The maximum absolute atomic E-state index is 12.5. The fourth-order valence-electron chi connectivity index (χ4n) is 2.98. The lowest BCUT2D eigenvalue weighted by molar-refractivity contribution is -0.122. The Balaban J connectivity index is 1.47. The highest BCUT2D eigenvalue weighted by Gasteiger charge is 2.25. The van der Waals surface area contributed by atoms with Gasteiger partial charge in [0, 0.05) is 13.5 Å². The van der Waals surface area contributed by atoms with E-state index in [1.807, 2.05) is 42.5 Å². The van der Waals surface area contributed by atoms with Crippen LogP contribution in [0.2, 0.25) is 0 Å². The number of fused-ring (bicyclic) bond motifs is 1. The van der Waals surface area contributed by atoms with Gasteiger partial charge in [-0.3, -0.25) is 9.59 Å². The summed E-state index contributed by atoms with van der Waals surface area (Å²) >= 11 is 0. The first-order valence-electron chi connectivity index (χ1n) is 9.07. The minimum Gasteiger partial charge on any atom is -0.494 e. The molecule has 0 atom stereocenters. The maximum Gasteiger partial charge on any atom is 0.244 e. The van der Waals surface area contributed by atoms with Crippen molar-refractivity contribution in [2.45, 2.75) is 19.3 Å². The number of methoxy groups -OCH3 is 1. The smallest absolute Gasteiger partial charge is 0.244 e. The Morgan fingerprint density at radius 3 is 2.67 bits per heavy atom. The van der Waals surface area contributed by atoms with E-state index in [1.54, 1.807) is 18.1 Å². The number of carbonyl (C=O) groups excluding carboxylic acids is 2. The summed E-state index contributed by atoms with van der Waals surface area (Å²) in [5, 5.41) is 2.79. The Morgan fingerprint density at radius 1 is 1.11 bits per heavy atom. The average molecular weight is 368 g/mol. The number of rotatable bonds is 8. The number of para-hydroxylation sites is 2. The Labute approximate surface area is 159 Å². The van der Waals surface area contributed by atoms with E-state index in [0.29, 0.717) is 31.7 Å².